The first-order valence-corrected chi connectivity index (χ1v) is 5.36. The molecule has 0 amide bonds. The predicted molar refractivity (Wildman–Crippen MR) is 60.0 cm³/mol. The van der Waals surface area contributed by atoms with Gasteiger partial charge in [-0.2, -0.15) is 10.4 Å². The maximum atomic E-state index is 11.9. The van der Waals surface area contributed by atoms with Crippen LogP contribution in [0.1, 0.15) is 19.3 Å². The van der Waals surface area contributed by atoms with Crippen molar-refractivity contribution in [3.63, 3.8) is 0 Å². The molecule has 0 fully saturated rings. The molecular weight excluding hydrogens is 220 g/mol. The average Bonchev–Trinajstić information content (AvgIpc) is 2.70. The van der Waals surface area contributed by atoms with Crippen LogP contribution < -0.4 is 5.56 Å². The molecule has 0 N–H and O–H groups in total. The molecule has 0 unspecified atom stereocenters. The number of hydrogen-bond donors (Lipinski definition) is 0. The van der Waals surface area contributed by atoms with Gasteiger partial charge in [0.05, 0.1) is 12.3 Å². The second kappa shape index (κ2) is 4.74. The molecule has 0 saturated carbocycles. The summed E-state index contributed by atoms with van der Waals surface area (Å²) in [6, 6.07) is 2.06. The molecular formula is C10H12N6O. The minimum absolute atomic E-state index is 0.181. The number of nitrogens with zero attached hydrogens (tertiary/aromatic N) is 6. The normalized spacial score (nSPS) is 10.6. The van der Waals surface area contributed by atoms with E-state index in [2.05, 4.69) is 21.5 Å². The van der Waals surface area contributed by atoms with E-state index in [4.69, 9.17) is 5.26 Å². The van der Waals surface area contributed by atoms with Gasteiger partial charge in [0, 0.05) is 20.0 Å². The Kier molecular flexibility index (Phi) is 3.14. The first-order chi connectivity index (χ1) is 8.24. The molecule has 0 aliphatic rings. The highest BCUT2D eigenvalue weighted by molar-refractivity contribution is 5.72. The number of aromatic nitrogens is 5. The van der Waals surface area contributed by atoms with Crippen molar-refractivity contribution in [3.05, 3.63) is 16.6 Å². The van der Waals surface area contributed by atoms with E-state index >= 15 is 0 Å². The second-order valence-corrected chi connectivity index (χ2v) is 3.74. The van der Waals surface area contributed by atoms with Crippen molar-refractivity contribution in [2.45, 2.75) is 25.8 Å². The van der Waals surface area contributed by atoms with Crippen LogP contribution in [0.4, 0.5) is 0 Å². The summed E-state index contributed by atoms with van der Waals surface area (Å²) in [5.74, 6) is 0. The zero-order valence-corrected chi connectivity index (χ0v) is 9.50. The molecule has 0 aliphatic heterocycles. The van der Waals surface area contributed by atoms with Crippen molar-refractivity contribution in [1.82, 2.24) is 24.8 Å². The van der Waals surface area contributed by atoms with Crippen LogP contribution in [0, 0.1) is 11.3 Å². The second-order valence-electron chi connectivity index (χ2n) is 3.74. The maximum absolute atomic E-state index is 11.9. The van der Waals surface area contributed by atoms with Crippen LogP contribution in [-0.2, 0) is 13.6 Å². The smallest absolute Gasteiger partial charge is 0.267 e. The van der Waals surface area contributed by atoms with Gasteiger partial charge in [-0.3, -0.25) is 4.79 Å². The molecule has 2 heterocycles. The molecule has 0 radical (unpaired) electrons. The maximum Gasteiger partial charge on any atom is 0.280 e. The quantitative estimate of drug-likeness (QED) is 0.703. The van der Waals surface area contributed by atoms with Crippen LogP contribution in [0.2, 0.25) is 0 Å². The van der Waals surface area contributed by atoms with Gasteiger partial charge in [-0.1, -0.05) is 5.21 Å². The van der Waals surface area contributed by atoms with E-state index < -0.39 is 0 Å². The highest BCUT2D eigenvalue weighted by atomic mass is 16.1. The highest BCUT2D eigenvalue weighted by Crippen LogP contribution is 2.02. The molecule has 7 nitrogen and oxygen atoms in total. The third-order valence-corrected chi connectivity index (χ3v) is 2.53. The fourth-order valence-electron chi connectivity index (χ4n) is 1.59. The predicted octanol–water partition coefficient (Wildman–Crippen LogP) is 0.219. The lowest BCUT2D eigenvalue weighted by Crippen LogP contribution is -2.24. The van der Waals surface area contributed by atoms with Gasteiger partial charge in [0.25, 0.3) is 5.56 Å². The number of rotatable bonds is 4. The number of nitriles is 1. The lowest BCUT2D eigenvalue weighted by molar-refractivity contribution is 0.512. The minimum atomic E-state index is -0.181. The van der Waals surface area contributed by atoms with Crippen LogP contribution in [0.15, 0.2) is 11.0 Å². The number of unbranched alkanes of at least 4 members (excludes halogenated alkanes) is 2. The van der Waals surface area contributed by atoms with Crippen molar-refractivity contribution in [2.75, 3.05) is 0 Å². The summed E-state index contributed by atoms with van der Waals surface area (Å²) in [4.78, 5) is 11.9. The summed E-state index contributed by atoms with van der Waals surface area (Å²) < 4.78 is 2.84. The molecule has 2 aromatic heterocycles. The van der Waals surface area contributed by atoms with E-state index in [1.165, 1.54) is 15.6 Å². The molecule has 0 aromatic carbocycles. The Balaban J connectivity index is 2.22. The Labute approximate surface area is 97.3 Å². The zero-order valence-electron chi connectivity index (χ0n) is 9.50. The van der Waals surface area contributed by atoms with Crippen LogP contribution in [-0.4, -0.2) is 24.8 Å². The van der Waals surface area contributed by atoms with Crippen LogP contribution in [0.5, 0.6) is 0 Å². The fraction of sp³-hybridized carbons (Fsp3) is 0.500. The van der Waals surface area contributed by atoms with Crippen LogP contribution in [0.3, 0.4) is 0 Å². The first kappa shape index (κ1) is 11.3. The van der Waals surface area contributed by atoms with Crippen molar-refractivity contribution in [3.8, 4) is 6.07 Å². The van der Waals surface area contributed by atoms with E-state index in [1.807, 2.05) is 0 Å². The molecule has 0 spiro atoms. The molecule has 2 aromatic rings. The molecule has 17 heavy (non-hydrogen) atoms. The molecule has 0 atom stereocenters. The monoisotopic (exact) mass is 232 g/mol. The van der Waals surface area contributed by atoms with E-state index in [9.17, 15) is 4.79 Å². The van der Waals surface area contributed by atoms with Crippen LogP contribution >= 0.6 is 0 Å². The van der Waals surface area contributed by atoms with Gasteiger partial charge in [-0.15, -0.1) is 5.10 Å². The fourth-order valence-corrected chi connectivity index (χ4v) is 1.59. The molecule has 7 heteroatoms. The summed E-state index contributed by atoms with van der Waals surface area (Å²) in [6.07, 6.45) is 3.50. The standard InChI is InChI=1S/C10H12N6O/c1-15-9-8(7-12-15)10(17)16(14-13-9)6-4-2-3-5-11/h7H,2-4,6H2,1H3. The van der Waals surface area contributed by atoms with E-state index in [-0.39, 0.29) is 5.56 Å². The number of fused-ring (bicyclic) bond motifs is 1. The van der Waals surface area contributed by atoms with Gasteiger partial charge in [-0.25, -0.2) is 9.36 Å². The van der Waals surface area contributed by atoms with E-state index in [0.717, 1.165) is 12.8 Å². The topological polar surface area (TPSA) is 89.4 Å². The van der Waals surface area contributed by atoms with Crippen molar-refractivity contribution in [1.29, 1.82) is 5.26 Å². The van der Waals surface area contributed by atoms with Crippen molar-refractivity contribution >= 4 is 11.0 Å². The van der Waals surface area contributed by atoms with Gasteiger partial charge < -0.3 is 0 Å². The van der Waals surface area contributed by atoms with Gasteiger partial charge in [-0.05, 0) is 12.8 Å². The third-order valence-electron chi connectivity index (χ3n) is 2.53. The lowest BCUT2D eigenvalue weighted by Gasteiger charge is -2.01. The molecule has 88 valence electrons. The minimum Gasteiger partial charge on any atom is -0.267 e. The van der Waals surface area contributed by atoms with Gasteiger partial charge in [0.2, 0.25) is 0 Å². The summed E-state index contributed by atoms with van der Waals surface area (Å²) >= 11 is 0. The van der Waals surface area contributed by atoms with Crippen molar-refractivity contribution in [2.24, 2.45) is 7.05 Å². The van der Waals surface area contributed by atoms with Gasteiger partial charge in [0.15, 0.2) is 5.65 Å². The molecule has 0 bridgehead atoms. The molecule has 0 aliphatic carbocycles. The Bertz CT molecular complexity index is 620. The Morgan fingerprint density at radius 2 is 2.29 bits per heavy atom. The van der Waals surface area contributed by atoms with Crippen molar-refractivity contribution < 1.29 is 0 Å². The van der Waals surface area contributed by atoms with E-state index in [0.29, 0.717) is 24.0 Å². The van der Waals surface area contributed by atoms with Gasteiger partial charge >= 0.3 is 0 Å². The Morgan fingerprint density at radius 3 is 3.06 bits per heavy atom. The SMILES string of the molecule is Cn1ncc2c(=O)n(CCCCC#N)nnc21. The molecule has 0 saturated heterocycles. The highest BCUT2D eigenvalue weighted by Gasteiger charge is 2.08. The lowest BCUT2D eigenvalue weighted by atomic mass is 10.2. The first-order valence-electron chi connectivity index (χ1n) is 5.36. The summed E-state index contributed by atoms with van der Waals surface area (Å²) in [7, 11) is 1.72. The number of aryl methyl sites for hydroxylation is 2. The third kappa shape index (κ3) is 2.15. The summed E-state index contributed by atoms with van der Waals surface area (Å²) in [5, 5.41) is 20.6. The zero-order chi connectivity index (χ0) is 12.3. The average molecular weight is 232 g/mol. The summed E-state index contributed by atoms with van der Waals surface area (Å²) in [5.41, 5.74) is 0.309. The van der Waals surface area contributed by atoms with Crippen LogP contribution in [0.25, 0.3) is 11.0 Å². The number of hydrogen-bond acceptors (Lipinski definition) is 5. The van der Waals surface area contributed by atoms with Gasteiger partial charge in [0.1, 0.15) is 5.39 Å². The Morgan fingerprint density at radius 1 is 1.47 bits per heavy atom. The Hall–Kier alpha value is -2.23. The molecule has 2 rings (SSSR count). The van der Waals surface area contributed by atoms with E-state index in [1.54, 1.807) is 7.05 Å². The largest absolute Gasteiger partial charge is 0.280 e. The summed E-state index contributed by atoms with van der Waals surface area (Å²) in [6.45, 7) is 0.484.